The molecule has 0 radical (unpaired) electrons. The highest BCUT2D eigenvalue weighted by Crippen LogP contribution is 2.28. The van der Waals surface area contributed by atoms with Gasteiger partial charge in [-0.3, -0.25) is 14.9 Å². The van der Waals surface area contributed by atoms with Gasteiger partial charge in [0.05, 0.1) is 21.6 Å². The largest absolute Gasteiger partial charge is 0.478 e. The van der Waals surface area contributed by atoms with E-state index in [-0.39, 0.29) is 34.4 Å². The SMILES string of the molecule is Cc1ccc(Cc2c(C(=O)O)c(C)cc(C(N)=O)c2C(=O)O)cc1[N+](=O)[O-]. The van der Waals surface area contributed by atoms with Crippen molar-refractivity contribution in [2.75, 3.05) is 0 Å². The van der Waals surface area contributed by atoms with Gasteiger partial charge in [0, 0.05) is 11.6 Å². The molecule has 0 saturated heterocycles. The predicted octanol–water partition coefficient (Wildman–Crippen LogP) is 2.30. The van der Waals surface area contributed by atoms with Gasteiger partial charge < -0.3 is 15.9 Å². The molecule has 4 N–H and O–H groups in total. The number of rotatable bonds is 6. The third kappa shape index (κ3) is 3.76. The predicted molar refractivity (Wildman–Crippen MR) is 94.3 cm³/mol. The first-order chi connectivity index (χ1) is 12.5. The van der Waals surface area contributed by atoms with Crippen LogP contribution in [0.3, 0.4) is 0 Å². The van der Waals surface area contributed by atoms with Crippen molar-refractivity contribution in [3.63, 3.8) is 0 Å². The lowest BCUT2D eigenvalue weighted by atomic mass is 9.87. The van der Waals surface area contributed by atoms with Crippen LogP contribution in [0, 0.1) is 24.0 Å². The number of hydrogen-bond donors (Lipinski definition) is 3. The minimum absolute atomic E-state index is 0.137. The van der Waals surface area contributed by atoms with E-state index >= 15 is 0 Å². The number of nitro groups is 1. The van der Waals surface area contributed by atoms with Gasteiger partial charge >= 0.3 is 11.9 Å². The van der Waals surface area contributed by atoms with E-state index in [1.54, 1.807) is 6.92 Å². The molecule has 0 aliphatic rings. The summed E-state index contributed by atoms with van der Waals surface area (Å²) in [4.78, 5) is 45.7. The minimum Gasteiger partial charge on any atom is -0.478 e. The van der Waals surface area contributed by atoms with Gasteiger partial charge in [-0.25, -0.2) is 9.59 Å². The Morgan fingerprint density at radius 3 is 2.11 bits per heavy atom. The van der Waals surface area contributed by atoms with Crippen LogP contribution in [-0.2, 0) is 6.42 Å². The summed E-state index contributed by atoms with van der Waals surface area (Å²) in [6, 6.07) is 5.39. The maximum absolute atomic E-state index is 11.7. The van der Waals surface area contributed by atoms with Crippen molar-refractivity contribution < 1.29 is 29.5 Å². The fourth-order valence-corrected chi connectivity index (χ4v) is 2.97. The summed E-state index contributed by atoms with van der Waals surface area (Å²) in [5, 5.41) is 30.2. The van der Waals surface area contributed by atoms with E-state index in [1.165, 1.54) is 25.1 Å². The lowest BCUT2D eigenvalue weighted by Gasteiger charge is -2.16. The Bertz CT molecular complexity index is 996. The smallest absolute Gasteiger partial charge is 0.336 e. The number of benzene rings is 2. The number of aromatic carboxylic acids is 2. The molecule has 9 nitrogen and oxygen atoms in total. The van der Waals surface area contributed by atoms with Gasteiger partial charge in [-0.2, -0.15) is 0 Å². The Morgan fingerprint density at radius 1 is 1.04 bits per heavy atom. The Balaban J connectivity index is 2.79. The number of carboxylic acids is 2. The van der Waals surface area contributed by atoms with Crippen LogP contribution in [-0.4, -0.2) is 33.0 Å². The monoisotopic (exact) mass is 372 g/mol. The number of carbonyl (C=O) groups is 3. The molecule has 0 spiro atoms. The molecule has 140 valence electrons. The van der Waals surface area contributed by atoms with Gasteiger partial charge in [-0.05, 0) is 43.0 Å². The van der Waals surface area contributed by atoms with E-state index in [4.69, 9.17) is 5.73 Å². The van der Waals surface area contributed by atoms with E-state index in [2.05, 4.69) is 0 Å². The summed E-state index contributed by atoms with van der Waals surface area (Å²) in [7, 11) is 0. The molecule has 0 bridgehead atoms. The average Bonchev–Trinajstić information content (AvgIpc) is 2.54. The van der Waals surface area contributed by atoms with E-state index < -0.39 is 28.3 Å². The van der Waals surface area contributed by atoms with Crippen LogP contribution in [0.2, 0.25) is 0 Å². The maximum Gasteiger partial charge on any atom is 0.336 e. The summed E-state index contributed by atoms with van der Waals surface area (Å²) in [6.45, 7) is 2.97. The van der Waals surface area contributed by atoms with E-state index in [0.717, 1.165) is 6.07 Å². The molecule has 9 heteroatoms. The third-order valence-electron chi connectivity index (χ3n) is 4.17. The second-order valence-corrected chi connectivity index (χ2v) is 6.00. The van der Waals surface area contributed by atoms with Crippen LogP contribution in [0.5, 0.6) is 0 Å². The number of hydrogen-bond acceptors (Lipinski definition) is 5. The Hall–Kier alpha value is -3.75. The first kappa shape index (κ1) is 19.6. The Labute approximate surface area is 153 Å². The summed E-state index contributed by atoms with van der Waals surface area (Å²) in [5.41, 5.74) is 4.73. The van der Waals surface area contributed by atoms with Crippen LogP contribution >= 0.6 is 0 Å². The standard InChI is InChI=1S/C18H16N2O7/c1-8-3-4-10(7-13(8)20(26)27)6-11-14(17(22)23)9(2)5-12(16(19)21)15(11)18(24)25/h3-5,7H,6H2,1-2H3,(H2,19,21)(H,22,23)(H,24,25). The van der Waals surface area contributed by atoms with Crippen molar-refractivity contribution in [1.82, 2.24) is 0 Å². The van der Waals surface area contributed by atoms with Crippen LogP contribution in [0.15, 0.2) is 24.3 Å². The lowest BCUT2D eigenvalue weighted by Crippen LogP contribution is -2.21. The molecule has 0 aromatic heterocycles. The van der Waals surface area contributed by atoms with E-state index in [0.29, 0.717) is 11.1 Å². The molecule has 0 unspecified atom stereocenters. The van der Waals surface area contributed by atoms with Crippen LogP contribution in [0.4, 0.5) is 5.69 Å². The molecule has 0 atom stereocenters. The number of nitro benzene ring substituents is 1. The van der Waals surface area contributed by atoms with Gasteiger partial charge in [0.2, 0.25) is 5.91 Å². The molecular formula is C18H16N2O7. The highest BCUT2D eigenvalue weighted by molar-refractivity contribution is 6.08. The second-order valence-electron chi connectivity index (χ2n) is 6.00. The molecule has 0 aliphatic carbocycles. The molecule has 2 aromatic carbocycles. The normalized spacial score (nSPS) is 10.4. The highest BCUT2D eigenvalue weighted by Gasteiger charge is 2.27. The van der Waals surface area contributed by atoms with Gasteiger partial charge in [0.25, 0.3) is 5.69 Å². The van der Waals surface area contributed by atoms with Crippen molar-refractivity contribution >= 4 is 23.5 Å². The lowest BCUT2D eigenvalue weighted by molar-refractivity contribution is -0.385. The van der Waals surface area contributed by atoms with E-state index in [9.17, 15) is 34.7 Å². The molecule has 0 fully saturated rings. The number of primary amides is 1. The zero-order chi connectivity index (χ0) is 20.5. The van der Waals surface area contributed by atoms with Crippen LogP contribution in [0.1, 0.15) is 53.3 Å². The van der Waals surface area contributed by atoms with Crippen molar-refractivity contribution in [2.45, 2.75) is 20.3 Å². The third-order valence-corrected chi connectivity index (χ3v) is 4.17. The zero-order valence-corrected chi connectivity index (χ0v) is 14.5. The number of carboxylic acid groups (broad SMARTS) is 2. The minimum atomic E-state index is -1.51. The number of nitrogens with two attached hydrogens (primary N) is 1. The van der Waals surface area contributed by atoms with Crippen LogP contribution < -0.4 is 5.73 Å². The molecule has 2 aromatic rings. The van der Waals surface area contributed by atoms with E-state index in [1.807, 2.05) is 0 Å². The van der Waals surface area contributed by atoms with Crippen LogP contribution in [0.25, 0.3) is 0 Å². The number of amides is 1. The first-order valence-corrected chi connectivity index (χ1v) is 7.71. The maximum atomic E-state index is 11.7. The fourth-order valence-electron chi connectivity index (χ4n) is 2.97. The summed E-state index contributed by atoms with van der Waals surface area (Å²) in [6.07, 6.45) is -0.230. The first-order valence-electron chi connectivity index (χ1n) is 7.71. The molecular weight excluding hydrogens is 356 g/mol. The number of carbonyl (C=O) groups excluding carboxylic acids is 1. The molecule has 27 heavy (non-hydrogen) atoms. The summed E-state index contributed by atoms with van der Waals surface area (Å²) >= 11 is 0. The quantitative estimate of drug-likeness (QED) is 0.517. The molecule has 2 rings (SSSR count). The Kier molecular flexibility index (Phi) is 5.25. The Morgan fingerprint density at radius 2 is 1.63 bits per heavy atom. The highest BCUT2D eigenvalue weighted by atomic mass is 16.6. The topological polar surface area (TPSA) is 161 Å². The molecule has 1 amide bonds. The molecule has 0 aliphatic heterocycles. The van der Waals surface area contributed by atoms with Crippen molar-refractivity contribution in [3.8, 4) is 0 Å². The second kappa shape index (κ2) is 7.24. The molecule has 0 saturated carbocycles. The number of aryl methyl sites for hydroxylation is 2. The number of nitrogens with zero attached hydrogens (tertiary/aromatic N) is 1. The van der Waals surface area contributed by atoms with Gasteiger partial charge in [-0.1, -0.05) is 12.1 Å². The van der Waals surface area contributed by atoms with Crippen molar-refractivity contribution in [1.29, 1.82) is 0 Å². The average molecular weight is 372 g/mol. The van der Waals surface area contributed by atoms with Gasteiger partial charge in [-0.15, -0.1) is 0 Å². The van der Waals surface area contributed by atoms with Crippen molar-refractivity contribution in [3.05, 3.63) is 73.3 Å². The summed E-state index contributed by atoms with van der Waals surface area (Å²) < 4.78 is 0. The van der Waals surface area contributed by atoms with Gasteiger partial charge in [0.15, 0.2) is 0 Å². The zero-order valence-electron chi connectivity index (χ0n) is 14.5. The fraction of sp³-hybridized carbons (Fsp3) is 0.167. The summed E-state index contributed by atoms with van der Waals surface area (Å²) in [5.74, 6) is -3.89. The van der Waals surface area contributed by atoms with Crippen molar-refractivity contribution in [2.24, 2.45) is 5.73 Å². The molecule has 0 heterocycles. The van der Waals surface area contributed by atoms with Gasteiger partial charge in [0.1, 0.15) is 0 Å².